The van der Waals surface area contributed by atoms with Gasteiger partial charge in [-0.25, -0.2) is 4.68 Å². The van der Waals surface area contributed by atoms with E-state index < -0.39 is 12.0 Å². The molecule has 0 spiro atoms. The molecule has 0 saturated carbocycles. The molecular formula is C10H9N5O2S. The average molecular weight is 263 g/mol. The molecule has 7 nitrogen and oxygen atoms in total. The lowest BCUT2D eigenvalue weighted by Crippen LogP contribution is -2.10. The number of tetrazole rings is 1. The third kappa shape index (κ3) is 1.75. The van der Waals surface area contributed by atoms with Crippen LogP contribution in [0.5, 0.6) is 0 Å². The Morgan fingerprint density at radius 3 is 3.06 bits per heavy atom. The third-order valence-corrected chi connectivity index (χ3v) is 3.63. The molecule has 0 radical (unpaired) electrons. The quantitative estimate of drug-likeness (QED) is 0.812. The van der Waals surface area contributed by atoms with Gasteiger partial charge in [0.1, 0.15) is 0 Å². The molecule has 1 atom stereocenters. The van der Waals surface area contributed by atoms with E-state index in [0.717, 1.165) is 4.90 Å². The first-order valence-electron chi connectivity index (χ1n) is 5.18. The van der Waals surface area contributed by atoms with E-state index in [0.29, 0.717) is 16.4 Å². The van der Waals surface area contributed by atoms with Crippen molar-refractivity contribution in [2.75, 3.05) is 5.32 Å². The number of hydrogen-bond donors (Lipinski definition) is 2. The summed E-state index contributed by atoms with van der Waals surface area (Å²) in [4.78, 5) is 12.2. The fourth-order valence-corrected chi connectivity index (χ4v) is 2.47. The van der Waals surface area contributed by atoms with Crippen LogP contribution in [0.4, 0.5) is 5.69 Å². The maximum Gasteiger partial charge on any atom is 0.257 e. The molecule has 1 aliphatic rings. The van der Waals surface area contributed by atoms with Gasteiger partial charge in [0, 0.05) is 23.2 Å². The number of aliphatic hydroxyl groups excluding tert-OH is 1. The molecule has 0 fully saturated rings. The second kappa shape index (κ2) is 4.07. The summed E-state index contributed by atoms with van der Waals surface area (Å²) in [6, 6.07) is 5.34. The Bertz CT molecular complexity index is 626. The van der Waals surface area contributed by atoms with Crippen LogP contribution in [0.25, 0.3) is 0 Å². The number of fused-ring (bicyclic) bond motifs is 1. The van der Waals surface area contributed by atoms with E-state index in [4.69, 9.17) is 0 Å². The minimum Gasteiger partial charge on any atom is -0.378 e. The van der Waals surface area contributed by atoms with Crippen LogP contribution in [-0.4, -0.2) is 31.2 Å². The summed E-state index contributed by atoms with van der Waals surface area (Å²) in [6.07, 6.45) is -1.07. The average Bonchev–Trinajstić information content (AvgIpc) is 2.86. The molecule has 2 N–H and O–H groups in total. The van der Waals surface area contributed by atoms with Crippen molar-refractivity contribution in [3.63, 3.8) is 0 Å². The first-order valence-corrected chi connectivity index (χ1v) is 6.00. The number of rotatable bonds is 2. The molecule has 1 amide bonds. The number of benzene rings is 1. The summed E-state index contributed by atoms with van der Waals surface area (Å²) >= 11 is 1.38. The summed E-state index contributed by atoms with van der Waals surface area (Å²) in [7, 11) is 1.75. The lowest BCUT2D eigenvalue weighted by Gasteiger charge is -2.03. The summed E-state index contributed by atoms with van der Waals surface area (Å²) < 4.78 is 1.56. The molecular weight excluding hydrogens is 254 g/mol. The van der Waals surface area contributed by atoms with Crippen molar-refractivity contribution in [1.82, 2.24) is 20.2 Å². The van der Waals surface area contributed by atoms with Crippen molar-refractivity contribution in [3.05, 3.63) is 23.8 Å². The Kier molecular flexibility index (Phi) is 2.53. The number of anilines is 1. The van der Waals surface area contributed by atoms with Gasteiger partial charge in [0.05, 0.1) is 0 Å². The number of carbonyl (C=O) groups excluding carboxylic acids is 1. The normalized spacial score (nSPS) is 17.7. The van der Waals surface area contributed by atoms with Crippen LogP contribution in [0.3, 0.4) is 0 Å². The van der Waals surface area contributed by atoms with Crippen molar-refractivity contribution >= 4 is 23.4 Å². The summed E-state index contributed by atoms with van der Waals surface area (Å²) in [5, 5.41) is 24.0. The van der Waals surface area contributed by atoms with E-state index in [-0.39, 0.29) is 0 Å². The monoisotopic (exact) mass is 263 g/mol. The molecule has 3 rings (SSSR count). The van der Waals surface area contributed by atoms with Crippen molar-refractivity contribution in [1.29, 1.82) is 0 Å². The minimum atomic E-state index is -1.07. The lowest BCUT2D eigenvalue weighted by molar-refractivity contribution is -0.123. The van der Waals surface area contributed by atoms with Gasteiger partial charge in [-0.05, 0) is 34.3 Å². The number of carbonyl (C=O) groups is 1. The van der Waals surface area contributed by atoms with Crippen LogP contribution in [0.15, 0.2) is 28.3 Å². The second-order valence-corrected chi connectivity index (χ2v) is 4.87. The zero-order chi connectivity index (χ0) is 12.7. The van der Waals surface area contributed by atoms with Gasteiger partial charge in [-0.15, -0.1) is 5.10 Å². The zero-order valence-corrected chi connectivity index (χ0v) is 10.2. The largest absolute Gasteiger partial charge is 0.378 e. The number of aromatic nitrogens is 4. The predicted molar refractivity (Wildman–Crippen MR) is 63.0 cm³/mol. The number of hydrogen-bond acceptors (Lipinski definition) is 6. The Labute approximate surface area is 106 Å². The van der Waals surface area contributed by atoms with Crippen LogP contribution < -0.4 is 5.32 Å². The Balaban J connectivity index is 1.91. The van der Waals surface area contributed by atoms with Gasteiger partial charge in [-0.3, -0.25) is 4.79 Å². The van der Waals surface area contributed by atoms with Gasteiger partial charge in [-0.1, -0.05) is 6.07 Å². The van der Waals surface area contributed by atoms with E-state index in [9.17, 15) is 9.90 Å². The van der Waals surface area contributed by atoms with Crippen LogP contribution in [0.2, 0.25) is 0 Å². The second-order valence-electron chi connectivity index (χ2n) is 3.83. The molecule has 1 aromatic carbocycles. The van der Waals surface area contributed by atoms with Gasteiger partial charge >= 0.3 is 0 Å². The smallest absolute Gasteiger partial charge is 0.257 e. The Morgan fingerprint density at radius 2 is 2.33 bits per heavy atom. The molecule has 0 bridgehead atoms. The zero-order valence-electron chi connectivity index (χ0n) is 9.36. The van der Waals surface area contributed by atoms with Crippen molar-refractivity contribution in [3.8, 4) is 0 Å². The van der Waals surface area contributed by atoms with Crippen LogP contribution in [0, 0.1) is 0 Å². The van der Waals surface area contributed by atoms with Gasteiger partial charge in [0.25, 0.3) is 5.91 Å². The van der Waals surface area contributed by atoms with Crippen LogP contribution in [-0.2, 0) is 11.8 Å². The standard InChI is InChI=1S/C10H9N5O2S/c1-15-10(12-13-14-15)18-5-2-3-6-7(4-5)11-9(17)8(6)16/h2-4,8,16H,1H3,(H,11,17). The summed E-state index contributed by atoms with van der Waals surface area (Å²) in [5.41, 5.74) is 1.23. The maximum absolute atomic E-state index is 11.3. The van der Waals surface area contributed by atoms with Crippen LogP contribution >= 0.6 is 11.8 Å². The van der Waals surface area contributed by atoms with Gasteiger partial charge in [0.2, 0.25) is 5.16 Å². The van der Waals surface area contributed by atoms with Crippen molar-refractivity contribution in [2.45, 2.75) is 16.2 Å². The van der Waals surface area contributed by atoms with E-state index in [1.807, 2.05) is 6.07 Å². The fourth-order valence-electron chi connectivity index (χ4n) is 1.70. The fraction of sp³-hybridized carbons (Fsp3) is 0.200. The summed E-state index contributed by atoms with van der Waals surface area (Å²) in [6.45, 7) is 0. The number of amides is 1. The maximum atomic E-state index is 11.3. The molecule has 2 aromatic rings. The number of aliphatic hydroxyl groups is 1. The number of nitrogens with one attached hydrogen (secondary N) is 1. The predicted octanol–water partition coefficient (Wildman–Crippen LogP) is 0.347. The molecule has 2 heterocycles. The Morgan fingerprint density at radius 1 is 1.50 bits per heavy atom. The molecule has 92 valence electrons. The molecule has 18 heavy (non-hydrogen) atoms. The van der Waals surface area contributed by atoms with E-state index >= 15 is 0 Å². The topological polar surface area (TPSA) is 92.9 Å². The molecule has 1 unspecified atom stereocenters. The van der Waals surface area contributed by atoms with Crippen molar-refractivity contribution in [2.24, 2.45) is 7.05 Å². The molecule has 0 aliphatic carbocycles. The summed E-state index contributed by atoms with van der Waals surface area (Å²) in [5.74, 6) is -0.396. The minimum absolute atomic E-state index is 0.396. The highest BCUT2D eigenvalue weighted by Gasteiger charge is 2.28. The molecule has 8 heteroatoms. The lowest BCUT2D eigenvalue weighted by atomic mass is 10.1. The first kappa shape index (κ1) is 11.2. The highest BCUT2D eigenvalue weighted by molar-refractivity contribution is 7.99. The molecule has 1 aliphatic heterocycles. The SMILES string of the molecule is Cn1nnnc1Sc1ccc2c(c1)NC(=O)C2O. The Hall–Kier alpha value is -1.93. The van der Waals surface area contributed by atoms with Crippen molar-refractivity contribution < 1.29 is 9.90 Å². The van der Waals surface area contributed by atoms with E-state index in [1.165, 1.54) is 11.8 Å². The number of aryl methyl sites for hydroxylation is 1. The molecule has 0 saturated heterocycles. The van der Waals surface area contributed by atoms with Gasteiger partial charge in [-0.2, -0.15) is 0 Å². The van der Waals surface area contributed by atoms with Gasteiger partial charge < -0.3 is 10.4 Å². The highest BCUT2D eigenvalue weighted by Crippen LogP contribution is 2.35. The van der Waals surface area contributed by atoms with Crippen LogP contribution in [0.1, 0.15) is 11.7 Å². The third-order valence-electron chi connectivity index (χ3n) is 2.62. The molecule has 1 aromatic heterocycles. The number of nitrogens with zero attached hydrogens (tertiary/aromatic N) is 4. The highest BCUT2D eigenvalue weighted by atomic mass is 32.2. The van der Waals surface area contributed by atoms with E-state index in [2.05, 4.69) is 20.8 Å². The van der Waals surface area contributed by atoms with E-state index in [1.54, 1.807) is 23.9 Å². The van der Waals surface area contributed by atoms with Gasteiger partial charge in [0.15, 0.2) is 6.10 Å². The first-order chi connectivity index (χ1) is 8.65.